The molecule has 0 atom stereocenters. The zero-order valence-corrected chi connectivity index (χ0v) is 6.97. The van der Waals surface area contributed by atoms with Gasteiger partial charge in [-0.15, -0.1) is 0 Å². The minimum absolute atomic E-state index is 0.105. The van der Waals surface area contributed by atoms with E-state index in [0.29, 0.717) is 5.52 Å². The van der Waals surface area contributed by atoms with Crippen LogP contribution in [0, 0.1) is 5.82 Å². The molecule has 0 aliphatic rings. The number of aromatic amines is 1. The highest BCUT2D eigenvalue weighted by Gasteiger charge is 2.09. The lowest BCUT2D eigenvalue weighted by atomic mass is 10.1. The predicted molar refractivity (Wildman–Crippen MR) is 46.1 cm³/mol. The third kappa shape index (κ3) is 1.20. The molecule has 0 aliphatic heterocycles. The van der Waals surface area contributed by atoms with Crippen molar-refractivity contribution in [1.29, 1.82) is 0 Å². The zero-order chi connectivity index (χ0) is 9.42. The number of hydrogen-bond acceptors (Lipinski definition) is 2. The fraction of sp³-hybridized carbons (Fsp3) is 0.111. The summed E-state index contributed by atoms with van der Waals surface area (Å²) in [5, 5.41) is 7.11. The number of carbonyl (C=O) groups is 1. The van der Waals surface area contributed by atoms with Gasteiger partial charge in [-0.2, -0.15) is 5.10 Å². The summed E-state index contributed by atoms with van der Waals surface area (Å²) in [5.41, 5.74) is 0.705. The van der Waals surface area contributed by atoms with Crippen LogP contribution in [0.3, 0.4) is 0 Å². The van der Waals surface area contributed by atoms with Gasteiger partial charge < -0.3 is 0 Å². The molecule has 1 heterocycles. The Morgan fingerprint density at radius 2 is 2.31 bits per heavy atom. The quantitative estimate of drug-likeness (QED) is 0.678. The van der Waals surface area contributed by atoms with Crippen LogP contribution in [0.25, 0.3) is 10.9 Å². The van der Waals surface area contributed by atoms with E-state index < -0.39 is 5.82 Å². The second-order valence-electron chi connectivity index (χ2n) is 2.85. The summed E-state index contributed by atoms with van der Waals surface area (Å²) >= 11 is 0. The number of hydrogen-bond donors (Lipinski definition) is 1. The van der Waals surface area contributed by atoms with E-state index in [1.54, 1.807) is 6.20 Å². The molecule has 66 valence electrons. The van der Waals surface area contributed by atoms with Crippen molar-refractivity contribution in [2.75, 3.05) is 0 Å². The lowest BCUT2D eigenvalue weighted by molar-refractivity contribution is 0.101. The van der Waals surface area contributed by atoms with Crippen LogP contribution in [0.4, 0.5) is 4.39 Å². The van der Waals surface area contributed by atoms with Gasteiger partial charge in [0.25, 0.3) is 0 Å². The van der Waals surface area contributed by atoms with Gasteiger partial charge in [0.2, 0.25) is 0 Å². The molecule has 0 radical (unpaired) electrons. The van der Waals surface area contributed by atoms with Gasteiger partial charge in [0, 0.05) is 11.5 Å². The van der Waals surface area contributed by atoms with E-state index in [1.165, 1.54) is 19.1 Å². The summed E-state index contributed by atoms with van der Waals surface area (Å²) in [7, 11) is 0. The van der Waals surface area contributed by atoms with Crippen LogP contribution in [0.1, 0.15) is 17.3 Å². The van der Waals surface area contributed by atoms with Gasteiger partial charge in [-0.1, -0.05) is 0 Å². The third-order valence-electron chi connectivity index (χ3n) is 1.91. The van der Waals surface area contributed by atoms with Crippen molar-refractivity contribution >= 4 is 16.7 Å². The summed E-state index contributed by atoms with van der Waals surface area (Å²) in [5.74, 6) is -0.787. The first kappa shape index (κ1) is 7.91. The molecular formula is C9H7FN2O. The number of halogens is 1. The van der Waals surface area contributed by atoms with E-state index in [0.717, 1.165) is 5.39 Å². The largest absolute Gasteiger partial charge is 0.294 e. The van der Waals surface area contributed by atoms with Crippen molar-refractivity contribution in [3.63, 3.8) is 0 Å². The van der Waals surface area contributed by atoms with Crippen LogP contribution >= 0.6 is 0 Å². The van der Waals surface area contributed by atoms with Crippen LogP contribution in [0.2, 0.25) is 0 Å². The first-order chi connectivity index (χ1) is 6.18. The number of nitrogens with one attached hydrogen (secondary N) is 1. The van der Waals surface area contributed by atoms with Crippen molar-refractivity contribution in [1.82, 2.24) is 10.2 Å². The second kappa shape index (κ2) is 2.65. The highest BCUT2D eigenvalue weighted by molar-refractivity contribution is 5.98. The summed E-state index contributed by atoms with van der Waals surface area (Å²) in [6.45, 7) is 1.34. The van der Waals surface area contributed by atoms with Crippen molar-refractivity contribution in [2.24, 2.45) is 0 Å². The molecule has 2 aromatic rings. The molecule has 13 heavy (non-hydrogen) atoms. The lowest BCUT2D eigenvalue weighted by Gasteiger charge is -1.97. The number of Topliss-reactive ketones (excluding diaryl/α,β-unsaturated/α-hetero) is 1. The Morgan fingerprint density at radius 3 is 3.00 bits per heavy atom. The summed E-state index contributed by atoms with van der Waals surface area (Å²) in [4.78, 5) is 11.0. The van der Waals surface area contributed by atoms with E-state index in [-0.39, 0.29) is 11.3 Å². The Kier molecular flexibility index (Phi) is 1.62. The molecule has 2 rings (SSSR count). The average Bonchev–Trinajstić information content (AvgIpc) is 2.48. The van der Waals surface area contributed by atoms with E-state index in [1.807, 2.05) is 0 Å². The van der Waals surface area contributed by atoms with Gasteiger partial charge in [-0.05, 0) is 13.0 Å². The number of H-pyrrole nitrogens is 1. The molecule has 1 N–H and O–H groups in total. The number of aromatic nitrogens is 2. The van der Waals surface area contributed by atoms with E-state index >= 15 is 0 Å². The maximum Gasteiger partial charge on any atom is 0.162 e. The second-order valence-corrected chi connectivity index (χ2v) is 2.85. The first-order valence-electron chi connectivity index (χ1n) is 3.82. The number of fused-ring (bicyclic) bond motifs is 1. The van der Waals surface area contributed by atoms with Crippen LogP contribution in [-0.4, -0.2) is 16.0 Å². The number of ketones is 1. The van der Waals surface area contributed by atoms with Crippen LogP contribution in [0.15, 0.2) is 18.3 Å². The molecule has 0 amide bonds. The van der Waals surface area contributed by atoms with Gasteiger partial charge in [-0.3, -0.25) is 9.89 Å². The summed E-state index contributed by atoms with van der Waals surface area (Å²) in [6.07, 6.45) is 1.56. The molecule has 1 aromatic carbocycles. The van der Waals surface area contributed by atoms with Crippen molar-refractivity contribution in [3.05, 3.63) is 29.7 Å². The maximum atomic E-state index is 13.2. The topological polar surface area (TPSA) is 45.8 Å². The highest BCUT2D eigenvalue weighted by Crippen LogP contribution is 2.17. The van der Waals surface area contributed by atoms with Crippen LogP contribution < -0.4 is 0 Å². The van der Waals surface area contributed by atoms with Crippen LogP contribution in [-0.2, 0) is 0 Å². The predicted octanol–water partition coefficient (Wildman–Crippen LogP) is 1.90. The minimum atomic E-state index is -0.510. The van der Waals surface area contributed by atoms with Crippen LogP contribution in [0.5, 0.6) is 0 Å². The third-order valence-corrected chi connectivity index (χ3v) is 1.91. The zero-order valence-electron chi connectivity index (χ0n) is 6.97. The fourth-order valence-electron chi connectivity index (χ4n) is 1.23. The standard InChI is InChI=1S/C9H7FN2O/c1-5(13)7-2-6-4-11-12-9(6)3-8(7)10/h2-4H,1H3,(H,11,12). The van der Waals surface area contributed by atoms with Gasteiger partial charge in [0.1, 0.15) is 5.82 Å². The highest BCUT2D eigenvalue weighted by atomic mass is 19.1. The van der Waals surface area contributed by atoms with Crippen molar-refractivity contribution < 1.29 is 9.18 Å². The average molecular weight is 178 g/mol. The molecule has 3 nitrogen and oxygen atoms in total. The molecule has 0 fully saturated rings. The summed E-state index contributed by atoms with van der Waals surface area (Å²) < 4.78 is 13.2. The molecule has 0 saturated heterocycles. The SMILES string of the molecule is CC(=O)c1cc2cn[nH]c2cc1F. The maximum absolute atomic E-state index is 13.2. The monoisotopic (exact) mass is 178 g/mol. The molecule has 4 heteroatoms. The lowest BCUT2D eigenvalue weighted by Crippen LogP contribution is -1.96. The Bertz CT molecular complexity index is 475. The van der Waals surface area contributed by atoms with E-state index in [9.17, 15) is 9.18 Å². The normalized spacial score (nSPS) is 10.6. The van der Waals surface area contributed by atoms with Gasteiger partial charge in [0.15, 0.2) is 5.78 Å². The van der Waals surface area contributed by atoms with Crippen molar-refractivity contribution in [3.8, 4) is 0 Å². The van der Waals surface area contributed by atoms with Gasteiger partial charge in [0.05, 0.1) is 17.3 Å². The molecule has 0 unspecified atom stereocenters. The molecule has 0 saturated carbocycles. The Labute approximate surface area is 73.6 Å². The molecule has 0 bridgehead atoms. The number of benzene rings is 1. The number of carbonyl (C=O) groups excluding carboxylic acids is 1. The van der Waals surface area contributed by atoms with Crippen molar-refractivity contribution in [2.45, 2.75) is 6.92 Å². The van der Waals surface area contributed by atoms with E-state index in [2.05, 4.69) is 10.2 Å². The molecule has 0 aliphatic carbocycles. The van der Waals surface area contributed by atoms with Gasteiger partial charge in [-0.25, -0.2) is 4.39 Å². The first-order valence-corrected chi connectivity index (χ1v) is 3.82. The smallest absolute Gasteiger partial charge is 0.162 e. The Balaban J connectivity index is 2.76. The molecular weight excluding hydrogens is 171 g/mol. The Hall–Kier alpha value is -1.71. The molecule has 0 spiro atoms. The molecule has 1 aromatic heterocycles. The number of nitrogens with zero attached hydrogens (tertiary/aromatic N) is 1. The fourth-order valence-corrected chi connectivity index (χ4v) is 1.23. The minimum Gasteiger partial charge on any atom is -0.294 e. The van der Waals surface area contributed by atoms with E-state index in [4.69, 9.17) is 0 Å². The summed E-state index contributed by atoms with van der Waals surface area (Å²) in [6, 6.07) is 2.77. The number of rotatable bonds is 1. The van der Waals surface area contributed by atoms with Gasteiger partial charge >= 0.3 is 0 Å². The Morgan fingerprint density at radius 1 is 1.54 bits per heavy atom.